The Morgan fingerprint density at radius 2 is 2.37 bits per heavy atom. The van der Waals surface area contributed by atoms with Gasteiger partial charge in [0.15, 0.2) is 6.61 Å². The topological polar surface area (TPSA) is 49.8 Å². The number of benzene rings is 1. The standard InChI is InChI=1S/C13H15BrFNO3/c14-11-6-9(15)3-4-12(11)19-8-13(18)16-5-1-2-10(16)7-17/h3-4,6,10,17H,1-2,5,7-8H2. The number of hydrogen-bond donors (Lipinski definition) is 1. The molecular weight excluding hydrogens is 317 g/mol. The second-order valence-electron chi connectivity index (χ2n) is 4.43. The summed E-state index contributed by atoms with van der Waals surface area (Å²) < 4.78 is 18.7. The third-order valence-electron chi connectivity index (χ3n) is 3.15. The molecule has 4 nitrogen and oxygen atoms in total. The van der Waals surface area contributed by atoms with Gasteiger partial charge in [-0.05, 0) is 47.0 Å². The van der Waals surface area contributed by atoms with Crippen molar-refractivity contribution in [3.05, 3.63) is 28.5 Å². The van der Waals surface area contributed by atoms with E-state index in [0.29, 0.717) is 16.8 Å². The first-order valence-corrected chi connectivity index (χ1v) is 6.89. The third-order valence-corrected chi connectivity index (χ3v) is 3.77. The van der Waals surface area contributed by atoms with Crippen LogP contribution in [0.3, 0.4) is 0 Å². The molecule has 104 valence electrons. The first-order valence-electron chi connectivity index (χ1n) is 6.10. The van der Waals surface area contributed by atoms with Gasteiger partial charge in [-0.3, -0.25) is 4.79 Å². The lowest BCUT2D eigenvalue weighted by atomic mass is 10.2. The molecule has 0 bridgehead atoms. The third kappa shape index (κ3) is 3.45. The number of nitrogens with zero attached hydrogens (tertiary/aromatic N) is 1. The Morgan fingerprint density at radius 3 is 3.05 bits per heavy atom. The van der Waals surface area contributed by atoms with Crippen molar-refractivity contribution in [2.75, 3.05) is 19.8 Å². The van der Waals surface area contributed by atoms with Gasteiger partial charge in [-0.15, -0.1) is 0 Å². The van der Waals surface area contributed by atoms with E-state index >= 15 is 0 Å². The number of carbonyl (C=O) groups is 1. The molecule has 1 fully saturated rings. The number of aliphatic hydroxyl groups is 1. The van der Waals surface area contributed by atoms with Crippen LogP contribution in [0.4, 0.5) is 4.39 Å². The lowest BCUT2D eigenvalue weighted by Gasteiger charge is -2.23. The molecule has 1 N–H and O–H groups in total. The molecule has 1 amide bonds. The zero-order chi connectivity index (χ0) is 13.8. The Kier molecular flexibility index (Phi) is 4.76. The average Bonchev–Trinajstić information content (AvgIpc) is 2.85. The molecule has 1 atom stereocenters. The van der Waals surface area contributed by atoms with Crippen LogP contribution < -0.4 is 4.74 Å². The van der Waals surface area contributed by atoms with Gasteiger partial charge in [0.25, 0.3) is 5.91 Å². The molecule has 1 aromatic rings. The minimum absolute atomic E-state index is 0.0218. The first kappa shape index (κ1) is 14.3. The van der Waals surface area contributed by atoms with E-state index in [1.54, 1.807) is 4.90 Å². The molecule has 1 aromatic carbocycles. The van der Waals surface area contributed by atoms with Crippen LogP contribution in [0.15, 0.2) is 22.7 Å². The van der Waals surface area contributed by atoms with Crippen molar-refractivity contribution in [2.24, 2.45) is 0 Å². The summed E-state index contributed by atoms with van der Waals surface area (Å²) in [5, 5.41) is 9.16. The Bertz CT molecular complexity index is 469. The molecule has 0 saturated carbocycles. The summed E-state index contributed by atoms with van der Waals surface area (Å²) in [6, 6.07) is 3.93. The smallest absolute Gasteiger partial charge is 0.260 e. The molecule has 0 aliphatic carbocycles. The van der Waals surface area contributed by atoms with Crippen LogP contribution in [-0.2, 0) is 4.79 Å². The van der Waals surface area contributed by atoms with E-state index < -0.39 is 0 Å². The van der Waals surface area contributed by atoms with Gasteiger partial charge >= 0.3 is 0 Å². The van der Waals surface area contributed by atoms with Crippen LogP contribution in [-0.4, -0.2) is 41.7 Å². The van der Waals surface area contributed by atoms with Gasteiger partial charge in [0.2, 0.25) is 0 Å². The molecular formula is C13H15BrFNO3. The molecule has 0 aromatic heterocycles. The maximum absolute atomic E-state index is 12.9. The zero-order valence-corrected chi connectivity index (χ0v) is 11.9. The van der Waals surface area contributed by atoms with E-state index in [2.05, 4.69) is 15.9 Å². The molecule has 0 radical (unpaired) electrons. The summed E-state index contributed by atoms with van der Waals surface area (Å²) in [5.41, 5.74) is 0. The lowest BCUT2D eigenvalue weighted by Crippen LogP contribution is -2.40. The number of hydrogen-bond acceptors (Lipinski definition) is 3. The van der Waals surface area contributed by atoms with Gasteiger partial charge in [-0.1, -0.05) is 0 Å². The molecule has 1 aliphatic heterocycles. The fourth-order valence-corrected chi connectivity index (χ4v) is 2.63. The maximum atomic E-state index is 12.9. The number of amides is 1. The summed E-state index contributed by atoms with van der Waals surface area (Å²) in [4.78, 5) is 13.6. The van der Waals surface area contributed by atoms with Crippen LogP contribution >= 0.6 is 15.9 Å². The summed E-state index contributed by atoms with van der Waals surface area (Å²) in [7, 11) is 0. The minimum atomic E-state index is -0.370. The van der Waals surface area contributed by atoms with E-state index in [4.69, 9.17) is 9.84 Å². The van der Waals surface area contributed by atoms with E-state index in [1.807, 2.05) is 0 Å². The summed E-state index contributed by atoms with van der Waals surface area (Å²) in [5.74, 6) is -0.104. The first-order chi connectivity index (χ1) is 9.11. The second-order valence-corrected chi connectivity index (χ2v) is 5.28. The predicted molar refractivity (Wildman–Crippen MR) is 71.4 cm³/mol. The highest BCUT2D eigenvalue weighted by Gasteiger charge is 2.28. The minimum Gasteiger partial charge on any atom is -0.483 e. The van der Waals surface area contributed by atoms with Gasteiger partial charge in [0, 0.05) is 6.54 Å². The summed E-state index contributed by atoms with van der Waals surface area (Å²) in [6.45, 7) is 0.519. The van der Waals surface area contributed by atoms with Crippen molar-refractivity contribution in [3.8, 4) is 5.75 Å². The normalized spacial score (nSPS) is 18.7. The Morgan fingerprint density at radius 1 is 1.58 bits per heavy atom. The van der Waals surface area contributed by atoms with E-state index in [0.717, 1.165) is 12.8 Å². The average molecular weight is 332 g/mol. The zero-order valence-electron chi connectivity index (χ0n) is 10.3. The molecule has 0 spiro atoms. The van der Waals surface area contributed by atoms with Gasteiger partial charge in [-0.25, -0.2) is 4.39 Å². The van der Waals surface area contributed by atoms with Gasteiger partial charge < -0.3 is 14.7 Å². The SMILES string of the molecule is O=C(COc1ccc(F)cc1Br)N1CCCC1CO. The van der Waals surface area contributed by atoms with Gasteiger partial charge in [0.1, 0.15) is 11.6 Å². The number of aliphatic hydroxyl groups excluding tert-OH is 1. The highest BCUT2D eigenvalue weighted by atomic mass is 79.9. The summed E-state index contributed by atoms with van der Waals surface area (Å²) in [6.07, 6.45) is 1.72. The van der Waals surface area contributed by atoms with Crippen molar-refractivity contribution in [1.29, 1.82) is 0 Å². The van der Waals surface area contributed by atoms with Crippen molar-refractivity contribution >= 4 is 21.8 Å². The van der Waals surface area contributed by atoms with Crippen LogP contribution in [0.25, 0.3) is 0 Å². The fourth-order valence-electron chi connectivity index (χ4n) is 2.17. The molecule has 1 unspecified atom stereocenters. The molecule has 1 heterocycles. The molecule has 1 aliphatic rings. The summed E-state index contributed by atoms with van der Waals surface area (Å²) >= 11 is 3.18. The van der Waals surface area contributed by atoms with Crippen LogP contribution in [0.5, 0.6) is 5.75 Å². The number of halogens is 2. The number of rotatable bonds is 4. The molecule has 1 saturated heterocycles. The number of likely N-dealkylation sites (tertiary alicyclic amines) is 1. The second kappa shape index (κ2) is 6.34. The largest absolute Gasteiger partial charge is 0.483 e. The highest BCUT2D eigenvalue weighted by Crippen LogP contribution is 2.25. The van der Waals surface area contributed by atoms with Gasteiger partial charge in [0.05, 0.1) is 17.1 Å². The van der Waals surface area contributed by atoms with Crippen LogP contribution in [0.1, 0.15) is 12.8 Å². The van der Waals surface area contributed by atoms with Crippen LogP contribution in [0, 0.1) is 5.82 Å². The van der Waals surface area contributed by atoms with E-state index in [9.17, 15) is 9.18 Å². The Labute approximate surface area is 119 Å². The Balaban J connectivity index is 1.93. The maximum Gasteiger partial charge on any atom is 0.260 e. The molecule has 6 heteroatoms. The number of ether oxygens (including phenoxy) is 1. The Hall–Kier alpha value is -1.14. The van der Waals surface area contributed by atoms with Crippen molar-refractivity contribution < 1.29 is 19.0 Å². The van der Waals surface area contributed by atoms with Crippen molar-refractivity contribution in [1.82, 2.24) is 4.90 Å². The fraction of sp³-hybridized carbons (Fsp3) is 0.462. The van der Waals surface area contributed by atoms with Crippen molar-refractivity contribution in [2.45, 2.75) is 18.9 Å². The van der Waals surface area contributed by atoms with E-state index in [1.165, 1.54) is 18.2 Å². The quantitative estimate of drug-likeness (QED) is 0.917. The monoisotopic (exact) mass is 331 g/mol. The van der Waals surface area contributed by atoms with Crippen LogP contribution in [0.2, 0.25) is 0 Å². The number of carbonyl (C=O) groups excluding carboxylic acids is 1. The molecule has 19 heavy (non-hydrogen) atoms. The lowest BCUT2D eigenvalue weighted by molar-refractivity contribution is -0.134. The van der Waals surface area contributed by atoms with Crippen molar-refractivity contribution in [3.63, 3.8) is 0 Å². The molecule has 2 rings (SSSR count). The van der Waals surface area contributed by atoms with E-state index in [-0.39, 0.29) is 31.0 Å². The van der Waals surface area contributed by atoms with Gasteiger partial charge in [-0.2, -0.15) is 0 Å². The predicted octanol–water partition coefficient (Wildman–Crippen LogP) is 1.95. The highest BCUT2D eigenvalue weighted by molar-refractivity contribution is 9.10.